The molecule has 1 aliphatic carbocycles. The number of nitrogens with one attached hydrogen (secondary N) is 1. The Morgan fingerprint density at radius 1 is 1.50 bits per heavy atom. The SMILES string of the molecule is Cc1csc([C@@H](C)NCc2nc(C3CC3)no2)n1. The van der Waals surface area contributed by atoms with Crippen molar-refractivity contribution in [2.45, 2.75) is 45.2 Å². The lowest BCUT2D eigenvalue weighted by Crippen LogP contribution is -2.18. The van der Waals surface area contributed by atoms with Gasteiger partial charge in [-0.15, -0.1) is 11.3 Å². The van der Waals surface area contributed by atoms with Crippen molar-refractivity contribution in [3.8, 4) is 0 Å². The molecule has 1 atom stereocenters. The molecule has 5 nitrogen and oxygen atoms in total. The van der Waals surface area contributed by atoms with Crippen molar-refractivity contribution in [3.63, 3.8) is 0 Å². The van der Waals surface area contributed by atoms with Crippen molar-refractivity contribution < 1.29 is 4.52 Å². The Bertz CT molecular complexity index is 532. The fourth-order valence-electron chi connectivity index (χ4n) is 1.75. The van der Waals surface area contributed by atoms with E-state index in [9.17, 15) is 0 Å². The monoisotopic (exact) mass is 264 g/mol. The van der Waals surface area contributed by atoms with Crippen molar-refractivity contribution in [2.24, 2.45) is 0 Å². The van der Waals surface area contributed by atoms with Crippen LogP contribution < -0.4 is 5.32 Å². The third-order valence-corrected chi connectivity index (χ3v) is 4.14. The Kier molecular flexibility index (Phi) is 3.13. The Labute approximate surface area is 110 Å². The normalized spacial score (nSPS) is 17.0. The van der Waals surface area contributed by atoms with Crippen LogP contribution in [0.15, 0.2) is 9.90 Å². The zero-order valence-electron chi connectivity index (χ0n) is 10.5. The van der Waals surface area contributed by atoms with Crippen LogP contribution in [0.3, 0.4) is 0 Å². The first-order valence-electron chi connectivity index (χ1n) is 6.20. The maximum Gasteiger partial charge on any atom is 0.240 e. The molecular formula is C12H16N4OS. The van der Waals surface area contributed by atoms with E-state index in [4.69, 9.17) is 4.52 Å². The molecule has 0 aliphatic heterocycles. The predicted molar refractivity (Wildman–Crippen MR) is 68.4 cm³/mol. The molecular weight excluding hydrogens is 248 g/mol. The van der Waals surface area contributed by atoms with Crippen molar-refractivity contribution in [3.05, 3.63) is 27.8 Å². The summed E-state index contributed by atoms with van der Waals surface area (Å²) in [5.74, 6) is 2.07. The summed E-state index contributed by atoms with van der Waals surface area (Å²) in [5, 5.41) is 10.5. The lowest BCUT2D eigenvalue weighted by atomic mass is 10.3. The minimum absolute atomic E-state index is 0.208. The maximum atomic E-state index is 5.22. The molecule has 0 spiro atoms. The van der Waals surface area contributed by atoms with Gasteiger partial charge >= 0.3 is 0 Å². The Morgan fingerprint density at radius 2 is 2.33 bits per heavy atom. The van der Waals surface area contributed by atoms with Crippen LogP contribution in [0.5, 0.6) is 0 Å². The van der Waals surface area contributed by atoms with E-state index in [1.807, 2.05) is 6.92 Å². The number of hydrogen-bond donors (Lipinski definition) is 1. The Morgan fingerprint density at radius 3 is 3.00 bits per heavy atom. The Balaban J connectivity index is 1.56. The van der Waals surface area contributed by atoms with Gasteiger partial charge in [-0.1, -0.05) is 5.16 Å². The number of thiazole rings is 1. The molecule has 0 unspecified atom stereocenters. The van der Waals surface area contributed by atoms with Gasteiger partial charge in [0.2, 0.25) is 5.89 Å². The topological polar surface area (TPSA) is 63.8 Å². The molecule has 0 aromatic carbocycles. The Hall–Kier alpha value is -1.27. The van der Waals surface area contributed by atoms with Crippen LogP contribution in [0.1, 0.15) is 54.1 Å². The molecule has 1 N–H and O–H groups in total. The molecule has 18 heavy (non-hydrogen) atoms. The third kappa shape index (κ3) is 2.59. The lowest BCUT2D eigenvalue weighted by molar-refractivity contribution is 0.356. The van der Waals surface area contributed by atoms with Gasteiger partial charge in [0.15, 0.2) is 5.82 Å². The molecule has 1 aliphatic rings. The molecule has 2 aromatic heterocycles. The highest BCUT2D eigenvalue weighted by Gasteiger charge is 2.28. The molecule has 0 amide bonds. The molecule has 3 rings (SSSR count). The summed E-state index contributed by atoms with van der Waals surface area (Å²) in [4.78, 5) is 8.84. The van der Waals surface area contributed by atoms with E-state index in [2.05, 4.69) is 32.7 Å². The van der Waals surface area contributed by atoms with Crippen molar-refractivity contribution in [1.29, 1.82) is 0 Å². The van der Waals surface area contributed by atoms with Gasteiger partial charge in [0.1, 0.15) is 5.01 Å². The molecule has 1 saturated carbocycles. The van der Waals surface area contributed by atoms with E-state index >= 15 is 0 Å². The number of aromatic nitrogens is 3. The molecule has 1 fully saturated rings. The fourth-order valence-corrected chi connectivity index (χ4v) is 2.57. The van der Waals surface area contributed by atoms with Gasteiger partial charge in [-0.05, 0) is 26.7 Å². The summed E-state index contributed by atoms with van der Waals surface area (Å²) < 4.78 is 5.22. The lowest BCUT2D eigenvalue weighted by Gasteiger charge is -2.08. The molecule has 6 heteroatoms. The number of nitrogens with zero attached hydrogens (tertiary/aromatic N) is 3. The van der Waals surface area contributed by atoms with Gasteiger partial charge < -0.3 is 4.52 Å². The van der Waals surface area contributed by atoms with Gasteiger partial charge in [-0.25, -0.2) is 4.98 Å². The van der Waals surface area contributed by atoms with Crippen LogP contribution in [0.25, 0.3) is 0 Å². The molecule has 0 radical (unpaired) electrons. The van der Waals surface area contributed by atoms with Gasteiger partial charge in [0.05, 0.1) is 12.6 Å². The van der Waals surface area contributed by atoms with Gasteiger partial charge in [0.25, 0.3) is 0 Å². The van der Waals surface area contributed by atoms with E-state index in [-0.39, 0.29) is 6.04 Å². The summed E-state index contributed by atoms with van der Waals surface area (Å²) in [7, 11) is 0. The standard InChI is InChI=1S/C12H16N4OS/c1-7-6-18-12(14-7)8(2)13-5-10-15-11(16-17-10)9-3-4-9/h6,8-9,13H,3-5H2,1-2H3/t8-/m1/s1. The van der Waals surface area contributed by atoms with E-state index in [0.717, 1.165) is 16.5 Å². The van der Waals surface area contributed by atoms with Gasteiger partial charge in [-0.2, -0.15) is 4.98 Å². The summed E-state index contributed by atoms with van der Waals surface area (Å²) >= 11 is 1.67. The molecule has 2 heterocycles. The van der Waals surface area contributed by atoms with E-state index in [0.29, 0.717) is 18.4 Å². The quantitative estimate of drug-likeness (QED) is 0.899. The first kappa shape index (κ1) is 11.8. The van der Waals surface area contributed by atoms with E-state index in [1.165, 1.54) is 12.8 Å². The van der Waals surface area contributed by atoms with Crippen molar-refractivity contribution >= 4 is 11.3 Å². The minimum Gasteiger partial charge on any atom is -0.338 e. The predicted octanol–water partition coefficient (Wildman–Crippen LogP) is 2.56. The smallest absolute Gasteiger partial charge is 0.240 e. The third-order valence-electron chi connectivity index (χ3n) is 2.99. The zero-order valence-corrected chi connectivity index (χ0v) is 11.3. The molecule has 96 valence electrons. The van der Waals surface area contributed by atoms with E-state index < -0.39 is 0 Å². The molecule has 0 saturated heterocycles. The second-order valence-electron chi connectivity index (χ2n) is 4.75. The second kappa shape index (κ2) is 4.78. The van der Waals surface area contributed by atoms with Crippen LogP contribution in [-0.2, 0) is 6.54 Å². The summed E-state index contributed by atoms with van der Waals surface area (Å²) in [6, 6.07) is 0.208. The first-order valence-corrected chi connectivity index (χ1v) is 7.08. The van der Waals surface area contributed by atoms with Crippen LogP contribution in [-0.4, -0.2) is 15.1 Å². The van der Waals surface area contributed by atoms with Crippen molar-refractivity contribution in [2.75, 3.05) is 0 Å². The molecule has 2 aromatic rings. The second-order valence-corrected chi connectivity index (χ2v) is 5.64. The van der Waals surface area contributed by atoms with Gasteiger partial charge in [-0.3, -0.25) is 5.32 Å². The highest BCUT2D eigenvalue weighted by Crippen LogP contribution is 2.38. The first-order chi connectivity index (χ1) is 8.72. The van der Waals surface area contributed by atoms with Crippen LogP contribution in [0, 0.1) is 6.92 Å². The molecule has 0 bridgehead atoms. The zero-order chi connectivity index (χ0) is 12.5. The van der Waals surface area contributed by atoms with Crippen molar-refractivity contribution in [1.82, 2.24) is 20.4 Å². The number of hydrogen-bond acceptors (Lipinski definition) is 6. The average molecular weight is 264 g/mol. The number of aryl methyl sites for hydroxylation is 1. The fraction of sp³-hybridized carbons (Fsp3) is 0.583. The largest absolute Gasteiger partial charge is 0.338 e. The summed E-state index contributed by atoms with van der Waals surface area (Å²) in [5.41, 5.74) is 1.07. The van der Waals surface area contributed by atoms with Crippen LogP contribution in [0.4, 0.5) is 0 Å². The van der Waals surface area contributed by atoms with Gasteiger partial charge in [0, 0.05) is 17.0 Å². The van der Waals surface area contributed by atoms with Crippen LogP contribution in [0.2, 0.25) is 0 Å². The summed E-state index contributed by atoms with van der Waals surface area (Å²) in [6.45, 7) is 4.70. The minimum atomic E-state index is 0.208. The highest BCUT2D eigenvalue weighted by atomic mass is 32.1. The summed E-state index contributed by atoms with van der Waals surface area (Å²) in [6.07, 6.45) is 2.39. The van der Waals surface area contributed by atoms with E-state index in [1.54, 1.807) is 11.3 Å². The highest BCUT2D eigenvalue weighted by molar-refractivity contribution is 7.09. The maximum absolute atomic E-state index is 5.22. The number of rotatable bonds is 5. The van der Waals surface area contributed by atoms with Crippen LogP contribution >= 0.6 is 11.3 Å². The average Bonchev–Trinajstić information content (AvgIpc) is 2.95.